The lowest BCUT2D eigenvalue weighted by molar-refractivity contribution is -0.199. The molecule has 0 amide bonds. The van der Waals surface area contributed by atoms with Crippen molar-refractivity contribution in [3.63, 3.8) is 0 Å². The first-order chi connectivity index (χ1) is 13.1. The lowest BCUT2D eigenvalue weighted by Crippen LogP contribution is -2.52. The van der Waals surface area contributed by atoms with Gasteiger partial charge in [-0.3, -0.25) is 9.59 Å². The van der Waals surface area contributed by atoms with Crippen LogP contribution in [0.4, 0.5) is 0 Å². The number of carbonyl (C=O) groups is 2. The highest BCUT2D eigenvalue weighted by molar-refractivity contribution is 6.76. The van der Waals surface area contributed by atoms with E-state index in [0.29, 0.717) is 6.61 Å². The quantitative estimate of drug-likeness (QED) is 0.212. The van der Waals surface area contributed by atoms with E-state index in [1.165, 1.54) is 13.8 Å². The molecule has 1 heterocycles. The summed E-state index contributed by atoms with van der Waals surface area (Å²) in [5.74, 6) is -1.88. The lowest BCUT2D eigenvalue weighted by atomic mass is 9.93. The molecule has 0 aliphatic carbocycles. The SMILES string of the molecule is CC(=O)OC[C@@H](OC(C)=O)[C@H]1OC(C)(C)O[C@H]1C(C)(C)OCOCC[Si](C)(C)C. The third kappa shape index (κ3) is 9.56. The van der Waals surface area contributed by atoms with Gasteiger partial charge in [-0.25, -0.2) is 0 Å². The van der Waals surface area contributed by atoms with Gasteiger partial charge in [0.1, 0.15) is 25.6 Å². The van der Waals surface area contributed by atoms with Gasteiger partial charge in [0, 0.05) is 28.5 Å². The van der Waals surface area contributed by atoms with Gasteiger partial charge in [0.2, 0.25) is 0 Å². The van der Waals surface area contributed by atoms with Crippen molar-refractivity contribution in [3.05, 3.63) is 0 Å². The van der Waals surface area contributed by atoms with Gasteiger partial charge in [-0.2, -0.15) is 0 Å². The van der Waals surface area contributed by atoms with E-state index in [-0.39, 0.29) is 13.4 Å². The molecule has 1 fully saturated rings. The van der Waals surface area contributed by atoms with E-state index in [0.717, 1.165) is 6.04 Å². The van der Waals surface area contributed by atoms with E-state index in [2.05, 4.69) is 19.6 Å². The number of ether oxygens (including phenoxy) is 6. The average Bonchev–Trinajstić information content (AvgIpc) is 2.86. The molecule has 1 rings (SSSR count). The maximum atomic E-state index is 11.6. The second kappa shape index (κ2) is 10.3. The van der Waals surface area contributed by atoms with Crippen molar-refractivity contribution in [2.45, 2.75) is 96.9 Å². The molecular weight excluding hydrogens is 396 g/mol. The molecule has 0 radical (unpaired) electrons. The monoisotopic (exact) mass is 434 g/mol. The number of esters is 2. The average molecular weight is 435 g/mol. The maximum Gasteiger partial charge on any atom is 0.303 e. The normalized spacial score (nSPS) is 22.9. The van der Waals surface area contributed by atoms with Gasteiger partial charge in [0.05, 0.1) is 5.60 Å². The Morgan fingerprint density at radius 1 is 1.10 bits per heavy atom. The van der Waals surface area contributed by atoms with Crippen LogP contribution in [0.3, 0.4) is 0 Å². The highest BCUT2D eigenvalue weighted by Crippen LogP contribution is 2.38. The second-order valence-electron chi connectivity index (χ2n) is 9.56. The minimum absolute atomic E-state index is 0.118. The zero-order chi connectivity index (χ0) is 22.5. The lowest BCUT2D eigenvalue weighted by Gasteiger charge is -2.35. The molecule has 0 aromatic carbocycles. The van der Waals surface area contributed by atoms with Gasteiger partial charge in [0.15, 0.2) is 11.9 Å². The highest BCUT2D eigenvalue weighted by Gasteiger charge is 2.53. The minimum Gasteiger partial charge on any atom is -0.462 e. The van der Waals surface area contributed by atoms with Crippen LogP contribution in [0.5, 0.6) is 0 Å². The molecule has 0 unspecified atom stereocenters. The Balaban J connectivity index is 2.83. The summed E-state index contributed by atoms with van der Waals surface area (Å²) in [5, 5.41) is 0. The molecule has 1 aliphatic heterocycles. The molecule has 29 heavy (non-hydrogen) atoms. The first kappa shape index (κ1) is 26.0. The summed E-state index contributed by atoms with van der Waals surface area (Å²) >= 11 is 0. The standard InChI is InChI=1S/C20H38O8Si/c1-14(21)24-12-16(26-15(2)22)17-18(28-20(5,6)27-17)19(3,4)25-13-23-10-11-29(7,8)9/h16-18H,10-13H2,1-9H3/t16-,17-,18-/m1/s1. The van der Waals surface area contributed by atoms with E-state index in [1.54, 1.807) is 13.8 Å². The summed E-state index contributed by atoms with van der Waals surface area (Å²) in [7, 11) is -1.17. The molecule has 0 spiro atoms. The molecule has 1 saturated heterocycles. The van der Waals surface area contributed by atoms with Crippen molar-refractivity contribution in [2.24, 2.45) is 0 Å². The molecule has 3 atom stereocenters. The Hall–Kier alpha value is -1.00. The molecule has 9 heteroatoms. The number of rotatable bonds is 11. The largest absolute Gasteiger partial charge is 0.462 e. The Labute approximate surface area is 175 Å². The van der Waals surface area contributed by atoms with Gasteiger partial charge in [-0.15, -0.1) is 0 Å². The topological polar surface area (TPSA) is 89.5 Å². The zero-order valence-electron chi connectivity index (χ0n) is 19.3. The summed E-state index contributed by atoms with van der Waals surface area (Å²) in [6.07, 6.45) is -2.07. The van der Waals surface area contributed by atoms with Gasteiger partial charge in [-0.1, -0.05) is 19.6 Å². The fraction of sp³-hybridized carbons (Fsp3) is 0.900. The summed E-state index contributed by atoms with van der Waals surface area (Å²) in [5.41, 5.74) is -0.799. The first-order valence-corrected chi connectivity index (χ1v) is 13.7. The summed E-state index contributed by atoms with van der Waals surface area (Å²) in [4.78, 5) is 22.8. The van der Waals surface area contributed by atoms with Gasteiger partial charge >= 0.3 is 11.9 Å². The van der Waals surface area contributed by atoms with Crippen LogP contribution in [0, 0.1) is 0 Å². The van der Waals surface area contributed by atoms with E-state index in [4.69, 9.17) is 28.4 Å². The Kier molecular flexibility index (Phi) is 9.29. The Morgan fingerprint density at radius 2 is 1.72 bits per heavy atom. The van der Waals surface area contributed by atoms with Crippen molar-refractivity contribution in [1.82, 2.24) is 0 Å². The molecule has 0 aromatic rings. The molecule has 0 saturated carbocycles. The fourth-order valence-electron chi connectivity index (χ4n) is 2.92. The Bertz CT molecular complexity index is 555. The third-order valence-electron chi connectivity index (χ3n) is 4.46. The van der Waals surface area contributed by atoms with Gasteiger partial charge < -0.3 is 28.4 Å². The van der Waals surface area contributed by atoms with Crippen molar-refractivity contribution < 1.29 is 38.0 Å². The smallest absolute Gasteiger partial charge is 0.303 e. The van der Waals surface area contributed by atoms with Crippen molar-refractivity contribution in [3.8, 4) is 0 Å². The molecule has 0 aromatic heterocycles. The minimum atomic E-state index is -1.17. The van der Waals surface area contributed by atoms with Crippen LogP contribution in [0.25, 0.3) is 0 Å². The number of hydrogen-bond acceptors (Lipinski definition) is 8. The number of carbonyl (C=O) groups excluding carboxylic acids is 2. The predicted molar refractivity (Wildman–Crippen MR) is 110 cm³/mol. The highest BCUT2D eigenvalue weighted by atomic mass is 28.3. The molecule has 8 nitrogen and oxygen atoms in total. The van der Waals surface area contributed by atoms with Gasteiger partial charge in [0.25, 0.3) is 0 Å². The molecule has 0 bridgehead atoms. The molecular formula is C20H38O8Si. The Morgan fingerprint density at radius 3 is 2.24 bits per heavy atom. The second-order valence-corrected chi connectivity index (χ2v) is 15.2. The zero-order valence-corrected chi connectivity index (χ0v) is 20.3. The predicted octanol–water partition coefficient (Wildman–Crippen LogP) is 3.11. The third-order valence-corrected chi connectivity index (χ3v) is 6.16. The van der Waals surface area contributed by atoms with Crippen molar-refractivity contribution in [1.29, 1.82) is 0 Å². The van der Waals surface area contributed by atoms with Crippen LogP contribution < -0.4 is 0 Å². The summed E-state index contributed by atoms with van der Waals surface area (Å²) in [6.45, 7) is 17.4. The van der Waals surface area contributed by atoms with Gasteiger partial charge in [-0.05, 0) is 33.7 Å². The summed E-state index contributed by atoms with van der Waals surface area (Å²) in [6, 6.07) is 1.05. The van der Waals surface area contributed by atoms with Crippen LogP contribution >= 0.6 is 0 Å². The first-order valence-electron chi connectivity index (χ1n) is 10.0. The van der Waals surface area contributed by atoms with Crippen molar-refractivity contribution >= 4 is 20.0 Å². The van der Waals surface area contributed by atoms with E-state index in [1.807, 2.05) is 13.8 Å². The van der Waals surface area contributed by atoms with Crippen LogP contribution in [0.2, 0.25) is 25.7 Å². The molecule has 1 aliphatic rings. The van der Waals surface area contributed by atoms with E-state index in [9.17, 15) is 9.59 Å². The van der Waals surface area contributed by atoms with Crippen LogP contribution in [0.1, 0.15) is 41.5 Å². The number of hydrogen-bond donors (Lipinski definition) is 0. The van der Waals surface area contributed by atoms with E-state index < -0.39 is 49.7 Å². The van der Waals surface area contributed by atoms with Crippen LogP contribution in [-0.4, -0.2) is 69.7 Å². The van der Waals surface area contributed by atoms with Crippen LogP contribution in [0.15, 0.2) is 0 Å². The van der Waals surface area contributed by atoms with Crippen molar-refractivity contribution in [2.75, 3.05) is 20.0 Å². The fourth-order valence-corrected chi connectivity index (χ4v) is 3.68. The summed E-state index contributed by atoms with van der Waals surface area (Å²) < 4.78 is 34.2. The van der Waals surface area contributed by atoms with E-state index >= 15 is 0 Å². The molecule has 0 N–H and O–H groups in total. The maximum absolute atomic E-state index is 11.6. The molecule has 170 valence electrons. The van der Waals surface area contributed by atoms with Crippen LogP contribution in [-0.2, 0) is 38.0 Å².